The summed E-state index contributed by atoms with van der Waals surface area (Å²) in [6.07, 6.45) is -0.601. The predicted molar refractivity (Wildman–Crippen MR) is 266 cm³/mol. The Balaban J connectivity index is 0.00000840. The standard InChI is InChI=1S/C59H62N3O.Pt/c1-35(2)43-32-51(38(7)8)57(63)52(33-43)58-61-56-50(44-29-45(31-46(30-44)59(10,11)12)53-34-42(27-28-60-53)40-21-19-39(9)20-22-40)17-14-18-54(56)62(58)47-25-23-41(24-26-47)55-48(36(3)4)15-13-16-49(55)37(5)6;/h13-28,30-38,63H,1-12H3;/q-1;/i9D3,19D,20D,21D,22D,27D,28D,34D,36D,37D;. The molecular weight excluding hydrogens is 962 g/mol. The van der Waals surface area contributed by atoms with Gasteiger partial charge in [0.05, 0.1) is 26.2 Å². The van der Waals surface area contributed by atoms with Crippen molar-refractivity contribution in [2.45, 2.75) is 112 Å². The second-order valence-electron chi connectivity index (χ2n) is 18.4. The SMILES string of the molecule is [2H]c1nc(-c2[c-]c(-c3cccc4c3nc(-c3cc(C(C)C)cc(C(C)C)c3O)n4-c3ccc(-c4c(C([2H])(C)C)cccc4C([2H])(C)C)cc3)cc(C(C)(C)C)c2)c([2H])c(-c2c([2H])c([2H])c(C([2H])([2H])[2H])c([2H])c2[2H])c1[2H].[Pt]. The van der Waals surface area contributed by atoms with Crippen molar-refractivity contribution in [3.63, 3.8) is 0 Å². The van der Waals surface area contributed by atoms with Crippen molar-refractivity contribution in [3.8, 4) is 67.5 Å². The Bertz CT molecular complexity index is 3520. The van der Waals surface area contributed by atoms with Crippen molar-refractivity contribution in [1.29, 1.82) is 0 Å². The Hall–Kier alpha value is -5.57. The van der Waals surface area contributed by atoms with Gasteiger partial charge in [0.25, 0.3) is 0 Å². The molecule has 0 unspecified atom stereocenters. The van der Waals surface area contributed by atoms with Crippen LogP contribution in [0.25, 0.3) is 72.7 Å². The number of fused-ring (bicyclic) bond motifs is 1. The van der Waals surface area contributed by atoms with Gasteiger partial charge in [-0.25, -0.2) is 4.98 Å². The van der Waals surface area contributed by atoms with E-state index in [1.807, 2.05) is 146 Å². The third kappa shape index (κ3) is 9.05. The van der Waals surface area contributed by atoms with Crippen LogP contribution in [0.5, 0.6) is 5.75 Å². The van der Waals surface area contributed by atoms with Crippen molar-refractivity contribution < 1.29 is 42.6 Å². The molecule has 6 aromatic carbocycles. The predicted octanol–water partition coefficient (Wildman–Crippen LogP) is 16.4. The van der Waals surface area contributed by atoms with Crippen LogP contribution in [0.4, 0.5) is 0 Å². The van der Waals surface area contributed by atoms with Gasteiger partial charge in [-0.2, -0.15) is 0 Å². The maximum absolute atomic E-state index is 12.3. The Kier molecular flexibility index (Phi) is 9.53. The van der Waals surface area contributed by atoms with Crippen molar-refractivity contribution in [1.82, 2.24) is 14.5 Å². The molecule has 0 aliphatic rings. The average Bonchev–Trinajstić information content (AvgIpc) is 3.71. The molecule has 0 amide bonds. The molecule has 2 aromatic heterocycles. The van der Waals surface area contributed by atoms with Crippen molar-refractivity contribution in [3.05, 3.63) is 167 Å². The molecular formula is C59H62N3OPt-. The third-order valence-corrected chi connectivity index (χ3v) is 11.7. The zero-order valence-electron chi connectivity index (χ0n) is 50.3. The van der Waals surface area contributed by atoms with Gasteiger partial charge < -0.3 is 5.11 Å². The largest absolute Gasteiger partial charge is 0.507 e. The Labute approximate surface area is 413 Å². The van der Waals surface area contributed by atoms with Crippen molar-refractivity contribution in [2.24, 2.45) is 0 Å². The molecule has 0 radical (unpaired) electrons. The summed E-state index contributed by atoms with van der Waals surface area (Å²) in [4.78, 5) is 9.85. The van der Waals surface area contributed by atoms with E-state index in [9.17, 15) is 6.48 Å². The summed E-state index contributed by atoms with van der Waals surface area (Å²) < 4.78 is 106. The molecule has 1 N–H and O–H groups in total. The maximum Gasteiger partial charge on any atom is 0.148 e. The molecule has 0 saturated heterocycles. The normalized spacial score (nSPS) is 15.1. The van der Waals surface area contributed by atoms with E-state index in [1.165, 1.54) is 0 Å². The monoisotopic (exact) mass is 1040 g/mol. The quantitative estimate of drug-likeness (QED) is 0.139. The minimum absolute atomic E-state index is 0. The van der Waals surface area contributed by atoms with Gasteiger partial charge in [-0.15, -0.1) is 29.3 Å². The number of imidazole rings is 1. The zero-order chi connectivity index (χ0) is 55.3. The van der Waals surface area contributed by atoms with E-state index in [-0.39, 0.29) is 49.9 Å². The number of phenols is 1. The summed E-state index contributed by atoms with van der Waals surface area (Å²) in [5, 5.41) is 12.3. The minimum atomic E-state index is -2.98. The van der Waals surface area contributed by atoms with E-state index < -0.39 is 83.2 Å². The first-order chi connectivity index (χ1) is 34.7. The van der Waals surface area contributed by atoms with E-state index in [0.717, 1.165) is 44.6 Å². The first-order valence-corrected chi connectivity index (χ1v) is 21.5. The maximum atomic E-state index is 12.3. The summed E-state index contributed by atoms with van der Waals surface area (Å²) in [5.74, 6) is -1.28. The van der Waals surface area contributed by atoms with Gasteiger partial charge in [0.15, 0.2) is 0 Å². The van der Waals surface area contributed by atoms with E-state index in [4.69, 9.17) is 20.1 Å². The third-order valence-electron chi connectivity index (χ3n) is 11.7. The van der Waals surface area contributed by atoms with E-state index in [0.29, 0.717) is 33.5 Å². The van der Waals surface area contributed by atoms with Gasteiger partial charge in [-0.05, 0) is 111 Å². The fourth-order valence-corrected chi connectivity index (χ4v) is 8.14. The smallest absolute Gasteiger partial charge is 0.148 e. The first kappa shape index (κ1) is 33.0. The molecule has 2 heterocycles. The van der Waals surface area contributed by atoms with Gasteiger partial charge in [0, 0.05) is 45.5 Å². The number of aromatic nitrogens is 3. The molecule has 8 aromatic rings. The fraction of sp³-hybridized carbons (Fsp3) is 0.288. The van der Waals surface area contributed by atoms with Gasteiger partial charge in [-0.3, -0.25) is 9.55 Å². The number of para-hydroxylation sites is 1. The Morgan fingerprint density at radius 3 is 1.97 bits per heavy atom. The van der Waals surface area contributed by atoms with Crippen LogP contribution >= 0.6 is 0 Å². The van der Waals surface area contributed by atoms with Crippen molar-refractivity contribution >= 4 is 11.0 Å². The molecule has 0 saturated carbocycles. The molecule has 5 heteroatoms. The van der Waals surface area contributed by atoms with Crippen LogP contribution in [0.1, 0.15) is 150 Å². The molecule has 8 rings (SSSR count). The second kappa shape index (κ2) is 18.5. The summed E-state index contributed by atoms with van der Waals surface area (Å²) >= 11 is 0. The Morgan fingerprint density at radius 2 is 1.36 bits per heavy atom. The number of rotatable bonds is 10. The van der Waals surface area contributed by atoms with Crippen LogP contribution in [-0.2, 0) is 26.5 Å². The van der Waals surface area contributed by atoms with Crippen LogP contribution in [0.15, 0.2) is 127 Å². The molecule has 0 fully saturated rings. The molecule has 0 aliphatic heterocycles. The van der Waals surface area contributed by atoms with E-state index >= 15 is 0 Å². The van der Waals surface area contributed by atoms with E-state index in [1.54, 1.807) is 6.07 Å². The van der Waals surface area contributed by atoms with Gasteiger partial charge >= 0.3 is 0 Å². The summed E-state index contributed by atoms with van der Waals surface area (Å²) in [5.41, 5.74) is 7.43. The van der Waals surface area contributed by atoms with Crippen LogP contribution in [0.3, 0.4) is 0 Å². The second-order valence-corrected chi connectivity index (χ2v) is 18.4. The number of nitrogens with zero attached hydrogens (tertiary/aromatic N) is 3. The summed E-state index contributed by atoms with van der Waals surface area (Å²) in [6, 6.07) is 26.5. The van der Waals surface area contributed by atoms with Crippen LogP contribution in [0.2, 0.25) is 0 Å². The molecule has 0 atom stereocenters. The molecule has 330 valence electrons. The minimum Gasteiger partial charge on any atom is -0.507 e. The van der Waals surface area contributed by atoms with Crippen LogP contribution in [-0.4, -0.2) is 19.6 Å². The summed E-state index contributed by atoms with van der Waals surface area (Å²) in [7, 11) is 0. The molecule has 0 spiro atoms. The molecule has 4 nitrogen and oxygen atoms in total. The fourth-order valence-electron chi connectivity index (χ4n) is 8.14. The molecule has 0 aliphatic carbocycles. The molecule has 64 heavy (non-hydrogen) atoms. The van der Waals surface area contributed by atoms with Gasteiger partial charge in [0.2, 0.25) is 0 Å². The number of aromatic hydroxyl groups is 1. The summed E-state index contributed by atoms with van der Waals surface area (Å²) in [6.45, 7) is 18.7. The number of hydrogen-bond acceptors (Lipinski definition) is 3. The van der Waals surface area contributed by atoms with Gasteiger partial charge in [0.1, 0.15) is 11.6 Å². The van der Waals surface area contributed by atoms with E-state index in [2.05, 4.69) is 24.9 Å². The number of phenolic OH excluding ortho intramolecular Hbond substituents is 1. The van der Waals surface area contributed by atoms with Gasteiger partial charge in [-0.1, -0.05) is 172 Å². The number of pyridine rings is 1. The number of benzene rings is 6. The van der Waals surface area contributed by atoms with Crippen molar-refractivity contribution in [2.75, 3.05) is 0 Å². The Morgan fingerprint density at radius 1 is 0.703 bits per heavy atom. The molecule has 0 bridgehead atoms. The number of hydrogen-bond donors (Lipinski definition) is 1. The zero-order valence-corrected chi connectivity index (χ0v) is 40.6. The average molecular weight is 1040 g/mol. The topological polar surface area (TPSA) is 50.9 Å². The van der Waals surface area contributed by atoms with Crippen LogP contribution in [0, 0.1) is 12.9 Å². The van der Waals surface area contributed by atoms with Crippen LogP contribution < -0.4 is 0 Å². The first-order valence-electron chi connectivity index (χ1n) is 27.5.